The fourth-order valence-electron chi connectivity index (χ4n) is 2.60. The van der Waals surface area contributed by atoms with Gasteiger partial charge in [-0.2, -0.15) is 0 Å². The van der Waals surface area contributed by atoms with E-state index in [1.165, 1.54) is 25.7 Å². The van der Waals surface area contributed by atoms with Crippen molar-refractivity contribution in [2.45, 2.75) is 31.7 Å². The summed E-state index contributed by atoms with van der Waals surface area (Å²) >= 11 is 3.53. The summed E-state index contributed by atoms with van der Waals surface area (Å²) < 4.78 is 11.8. The smallest absolute Gasteiger partial charge is 0.231 e. The molecule has 1 saturated carbocycles. The quantitative estimate of drug-likeness (QED) is 0.749. The zero-order valence-electron chi connectivity index (χ0n) is 11.5. The Morgan fingerprint density at radius 2 is 2.20 bits per heavy atom. The lowest BCUT2D eigenvalue weighted by atomic mass is 10.1. The van der Waals surface area contributed by atoms with Gasteiger partial charge in [0, 0.05) is 12.6 Å². The fraction of sp³-hybridized carbons (Fsp3) is 0.600. The van der Waals surface area contributed by atoms with Crippen LogP contribution < -0.4 is 20.5 Å². The molecular weight excluding hydrogens is 320 g/mol. The predicted molar refractivity (Wildman–Crippen MR) is 82.0 cm³/mol. The summed E-state index contributed by atoms with van der Waals surface area (Å²) in [6.07, 6.45) is 5.42. The Balaban J connectivity index is 1.61. The highest BCUT2D eigenvalue weighted by Crippen LogP contribution is 2.41. The van der Waals surface area contributed by atoms with Crippen LogP contribution in [0.15, 0.2) is 16.6 Å². The van der Waals surface area contributed by atoms with Crippen molar-refractivity contribution in [2.75, 3.05) is 19.9 Å². The van der Waals surface area contributed by atoms with E-state index in [1.54, 1.807) is 0 Å². The van der Waals surface area contributed by atoms with Gasteiger partial charge in [-0.1, -0.05) is 12.8 Å². The van der Waals surface area contributed by atoms with E-state index in [0.717, 1.165) is 34.0 Å². The SMILES string of the molecule is NCC(NCCCC1CC1)c1cc(Br)c2c(c1)OCO2. The fourth-order valence-corrected chi connectivity index (χ4v) is 3.17. The highest BCUT2D eigenvalue weighted by molar-refractivity contribution is 9.10. The zero-order chi connectivity index (χ0) is 13.9. The largest absolute Gasteiger partial charge is 0.454 e. The van der Waals surface area contributed by atoms with Gasteiger partial charge in [-0.15, -0.1) is 0 Å². The number of nitrogens with one attached hydrogen (secondary N) is 1. The first-order chi connectivity index (χ1) is 9.78. The van der Waals surface area contributed by atoms with Gasteiger partial charge >= 0.3 is 0 Å². The Labute approximate surface area is 128 Å². The third-order valence-electron chi connectivity index (χ3n) is 3.96. The second kappa shape index (κ2) is 6.33. The van der Waals surface area contributed by atoms with Crippen molar-refractivity contribution < 1.29 is 9.47 Å². The molecule has 1 aliphatic carbocycles. The summed E-state index contributed by atoms with van der Waals surface area (Å²) in [7, 11) is 0. The molecular formula is C15H21BrN2O2. The van der Waals surface area contributed by atoms with Crippen LogP contribution in [0.1, 0.15) is 37.3 Å². The van der Waals surface area contributed by atoms with Crippen LogP contribution in [-0.2, 0) is 0 Å². The Kier molecular flexibility index (Phi) is 4.48. The first-order valence-electron chi connectivity index (χ1n) is 7.30. The van der Waals surface area contributed by atoms with Crippen molar-refractivity contribution >= 4 is 15.9 Å². The summed E-state index contributed by atoms with van der Waals surface area (Å²) in [5, 5.41) is 3.55. The maximum absolute atomic E-state index is 5.90. The molecule has 0 aromatic heterocycles. The number of ether oxygens (including phenoxy) is 2. The lowest BCUT2D eigenvalue weighted by Crippen LogP contribution is -2.29. The van der Waals surface area contributed by atoms with Crippen LogP contribution in [-0.4, -0.2) is 19.9 Å². The molecule has 0 amide bonds. The highest BCUT2D eigenvalue weighted by atomic mass is 79.9. The summed E-state index contributed by atoms with van der Waals surface area (Å²) in [6, 6.07) is 4.26. The maximum atomic E-state index is 5.90. The van der Waals surface area contributed by atoms with Crippen LogP contribution in [0.3, 0.4) is 0 Å². The van der Waals surface area contributed by atoms with Crippen molar-refractivity contribution in [1.29, 1.82) is 0 Å². The molecule has 5 heteroatoms. The van der Waals surface area contributed by atoms with E-state index >= 15 is 0 Å². The molecule has 2 aliphatic rings. The molecule has 1 atom stereocenters. The van der Waals surface area contributed by atoms with Crippen molar-refractivity contribution in [3.8, 4) is 11.5 Å². The topological polar surface area (TPSA) is 56.5 Å². The second-order valence-electron chi connectivity index (χ2n) is 5.56. The number of fused-ring (bicyclic) bond motifs is 1. The van der Waals surface area contributed by atoms with Crippen LogP contribution in [0, 0.1) is 5.92 Å². The van der Waals surface area contributed by atoms with Gasteiger partial charge in [0.15, 0.2) is 11.5 Å². The van der Waals surface area contributed by atoms with Crippen LogP contribution in [0.25, 0.3) is 0 Å². The predicted octanol–water partition coefficient (Wildman–Crippen LogP) is 2.96. The number of hydrogen-bond donors (Lipinski definition) is 2. The summed E-state index contributed by atoms with van der Waals surface area (Å²) in [5.41, 5.74) is 7.05. The van der Waals surface area contributed by atoms with Gasteiger partial charge in [-0.25, -0.2) is 0 Å². The number of hydrogen-bond acceptors (Lipinski definition) is 4. The van der Waals surface area contributed by atoms with Crippen molar-refractivity contribution in [2.24, 2.45) is 11.7 Å². The molecule has 1 fully saturated rings. The molecule has 3 N–H and O–H groups in total. The summed E-state index contributed by atoms with van der Waals surface area (Å²) in [4.78, 5) is 0. The molecule has 1 aliphatic heterocycles. The highest BCUT2D eigenvalue weighted by Gasteiger charge is 2.22. The summed E-state index contributed by atoms with van der Waals surface area (Å²) in [5.74, 6) is 2.58. The van der Waals surface area contributed by atoms with Crippen LogP contribution in [0.2, 0.25) is 0 Å². The third-order valence-corrected chi connectivity index (χ3v) is 4.55. The molecule has 0 saturated heterocycles. The molecule has 1 aromatic carbocycles. The van der Waals surface area contributed by atoms with Crippen LogP contribution in [0.5, 0.6) is 11.5 Å². The Bertz CT molecular complexity index is 477. The van der Waals surface area contributed by atoms with Gasteiger partial charge in [-0.05, 0) is 58.9 Å². The van der Waals surface area contributed by atoms with Crippen molar-refractivity contribution in [3.63, 3.8) is 0 Å². The van der Waals surface area contributed by atoms with Gasteiger partial charge in [0.25, 0.3) is 0 Å². The van der Waals surface area contributed by atoms with E-state index in [-0.39, 0.29) is 6.04 Å². The normalized spacial score (nSPS) is 18.3. The zero-order valence-corrected chi connectivity index (χ0v) is 13.1. The summed E-state index contributed by atoms with van der Waals surface area (Å²) in [6.45, 7) is 1.89. The lowest BCUT2D eigenvalue weighted by molar-refractivity contribution is 0.173. The van der Waals surface area contributed by atoms with Crippen molar-refractivity contribution in [3.05, 3.63) is 22.2 Å². The molecule has 0 radical (unpaired) electrons. The van der Waals surface area contributed by atoms with E-state index in [2.05, 4.69) is 27.3 Å². The Morgan fingerprint density at radius 1 is 1.35 bits per heavy atom. The molecule has 20 heavy (non-hydrogen) atoms. The van der Waals surface area contributed by atoms with Gasteiger partial charge in [-0.3, -0.25) is 0 Å². The maximum Gasteiger partial charge on any atom is 0.231 e. The number of benzene rings is 1. The number of halogens is 1. The Morgan fingerprint density at radius 3 is 2.95 bits per heavy atom. The van der Waals surface area contributed by atoms with E-state index in [4.69, 9.17) is 15.2 Å². The molecule has 1 aromatic rings. The van der Waals surface area contributed by atoms with Crippen LogP contribution >= 0.6 is 15.9 Å². The monoisotopic (exact) mass is 340 g/mol. The van der Waals surface area contributed by atoms with Crippen molar-refractivity contribution in [1.82, 2.24) is 5.32 Å². The Hall–Kier alpha value is -0.780. The van der Waals surface area contributed by atoms with E-state index < -0.39 is 0 Å². The molecule has 1 heterocycles. The molecule has 0 bridgehead atoms. The van der Waals surface area contributed by atoms with Gasteiger partial charge in [0.05, 0.1) is 4.47 Å². The van der Waals surface area contributed by atoms with Gasteiger partial charge < -0.3 is 20.5 Å². The van der Waals surface area contributed by atoms with E-state index in [1.807, 2.05) is 6.07 Å². The molecule has 110 valence electrons. The first kappa shape index (κ1) is 14.2. The van der Waals surface area contributed by atoms with Crippen LogP contribution in [0.4, 0.5) is 0 Å². The average Bonchev–Trinajstić information content (AvgIpc) is 3.14. The number of rotatable bonds is 7. The molecule has 1 unspecified atom stereocenters. The van der Waals surface area contributed by atoms with Gasteiger partial charge in [0.1, 0.15) is 0 Å². The minimum atomic E-state index is 0.167. The second-order valence-corrected chi connectivity index (χ2v) is 6.42. The third kappa shape index (κ3) is 3.27. The average molecular weight is 341 g/mol. The first-order valence-corrected chi connectivity index (χ1v) is 8.09. The minimum absolute atomic E-state index is 0.167. The molecule has 3 rings (SSSR count). The van der Waals surface area contributed by atoms with E-state index in [0.29, 0.717) is 13.3 Å². The lowest BCUT2D eigenvalue weighted by Gasteiger charge is -2.18. The van der Waals surface area contributed by atoms with Gasteiger partial charge in [0.2, 0.25) is 6.79 Å². The minimum Gasteiger partial charge on any atom is -0.454 e. The number of nitrogens with two attached hydrogens (primary N) is 1. The molecule has 0 spiro atoms. The van der Waals surface area contributed by atoms with E-state index in [9.17, 15) is 0 Å². The molecule has 4 nitrogen and oxygen atoms in total. The standard InChI is InChI=1S/C15H21BrN2O2/c16-12-6-11(7-14-15(12)20-9-19-14)13(8-17)18-5-1-2-10-3-4-10/h6-7,10,13,18H,1-5,8-9,17H2.